The molecule has 0 saturated heterocycles. The van der Waals surface area contributed by atoms with Crippen molar-refractivity contribution in [1.29, 1.82) is 5.26 Å². The highest BCUT2D eigenvalue weighted by Crippen LogP contribution is 2.39. The maximum atomic E-state index is 10.1. The molecule has 1 aromatic heterocycles. The van der Waals surface area contributed by atoms with Gasteiger partial charge in [0.25, 0.3) is 0 Å². The molecule has 1 aromatic carbocycles. The molecule has 112 valence electrons. The molecule has 3 rings (SSSR count). The minimum Gasteiger partial charge on any atom is -0.506 e. The molecule has 22 heavy (non-hydrogen) atoms. The number of rotatable bonds is 2. The molecule has 0 saturated carbocycles. The van der Waals surface area contributed by atoms with Crippen molar-refractivity contribution in [2.24, 2.45) is 4.99 Å². The first-order valence-electron chi connectivity index (χ1n) is 6.87. The van der Waals surface area contributed by atoms with E-state index in [1.807, 2.05) is 0 Å². The van der Waals surface area contributed by atoms with Crippen LogP contribution in [0, 0.1) is 11.3 Å². The number of fused-ring (bicyclic) bond motifs is 1. The molecule has 6 heteroatoms. The highest BCUT2D eigenvalue weighted by atomic mass is 79.9. The molecular weight excluding hydrogens is 428 g/mol. The average Bonchev–Trinajstić information content (AvgIpc) is 2.86. The number of aryl methyl sites for hydroxylation is 1. The summed E-state index contributed by atoms with van der Waals surface area (Å²) in [5, 5.41) is 20.2. The molecule has 0 unspecified atom stereocenters. The summed E-state index contributed by atoms with van der Waals surface area (Å²) in [6, 6.07) is 5.86. The van der Waals surface area contributed by atoms with E-state index in [1.165, 1.54) is 16.9 Å². The highest BCUT2D eigenvalue weighted by molar-refractivity contribution is 9.11. The molecule has 3 nitrogen and oxygen atoms in total. The van der Waals surface area contributed by atoms with Crippen LogP contribution >= 0.6 is 43.2 Å². The molecule has 0 bridgehead atoms. The van der Waals surface area contributed by atoms with E-state index >= 15 is 0 Å². The lowest BCUT2D eigenvalue weighted by Gasteiger charge is -2.09. The second kappa shape index (κ2) is 6.53. The van der Waals surface area contributed by atoms with Crippen molar-refractivity contribution in [3.63, 3.8) is 0 Å². The molecule has 0 spiro atoms. The van der Waals surface area contributed by atoms with Crippen molar-refractivity contribution in [1.82, 2.24) is 0 Å². The number of nitrogens with zero attached hydrogens (tertiary/aromatic N) is 2. The van der Waals surface area contributed by atoms with Crippen molar-refractivity contribution >= 4 is 54.4 Å². The van der Waals surface area contributed by atoms with E-state index in [0.29, 0.717) is 15.6 Å². The standard InChI is InChI=1S/C16H12Br2N2OS/c17-10-5-9(15(21)13(18)6-10)8-20-16-12(7-19)11-3-1-2-4-14(11)22-16/h5-6,8,21H,1-4H2. The number of aromatic hydroxyl groups is 1. The van der Waals surface area contributed by atoms with Crippen LogP contribution in [0.25, 0.3) is 0 Å². The number of phenols is 1. The number of aliphatic imine (C=N–C) groups is 1. The van der Waals surface area contributed by atoms with Crippen LogP contribution in [0.5, 0.6) is 5.75 Å². The fraction of sp³-hybridized carbons (Fsp3) is 0.250. The second-order valence-electron chi connectivity index (χ2n) is 5.09. The van der Waals surface area contributed by atoms with Gasteiger partial charge in [-0.15, -0.1) is 11.3 Å². The van der Waals surface area contributed by atoms with Gasteiger partial charge in [-0.1, -0.05) is 15.9 Å². The molecule has 1 N–H and O–H groups in total. The Labute approximate surface area is 149 Å². The summed E-state index contributed by atoms with van der Waals surface area (Å²) in [6.45, 7) is 0. The Morgan fingerprint density at radius 1 is 1.27 bits per heavy atom. The van der Waals surface area contributed by atoms with Gasteiger partial charge < -0.3 is 5.11 Å². The third kappa shape index (κ3) is 2.98. The smallest absolute Gasteiger partial charge is 0.138 e. The van der Waals surface area contributed by atoms with Crippen LogP contribution in [0.4, 0.5) is 5.00 Å². The van der Waals surface area contributed by atoms with Gasteiger partial charge in [0.05, 0.1) is 10.0 Å². The number of hydrogen-bond acceptors (Lipinski definition) is 4. The van der Waals surface area contributed by atoms with E-state index in [4.69, 9.17) is 0 Å². The molecule has 0 radical (unpaired) electrons. The van der Waals surface area contributed by atoms with E-state index in [-0.39, 0.29) is 5.75 Å². The lowest BCUT2D eigenvalue weighted by Crippen LogP contribution is -1.99. The highest BCUT2D eigenvalue weighted by Gasteiger charge is 2.20. The number of halogens is 2. The number of phenolic OH excluding ortho intramolecular Hbond substituents is 1. The SMILES string of the molecule is N#Cc1c(N=Cc2cc(Br)cc(Br)c2O)sc2c1CCCC2. The van der Waals surface area contributed by atoms with Gasteiger partial charge in [-0.3, -0.25) is 0 Å². The van der Waals surface area contributed by atoms with Crippen LogP contribution in [-0.4, -0.2) is 11.3 Å². The van der Waals surface area contributed by atoms with E-state index in [2.05, 4.69) is 42.9 Å². The number of nitriles is 1. The van der Waals surface area contributed by atoms with E-state index in [0.717, 1.165) is 28.7 Å². The van der Waals surface area contributed by atoms with Crippen LogP contribution in [0.15, 0.2) is 26.1 Å². The first kappa shape index (κ1) is 15.7. The lowest BCUT2D eigenvalue weighted by molar-refractivity contribution is 0.471. The fourth-order valence-corrected chi connectivity index (χ4v) is 5.01. The van der Waals surface area contributed by atoms with Gasteiger partial charge in [-0.2, -0.15) is 5.26 Å². The zero-order chi connectivity index (χ0) is 15.7. The Morgan fingerprint density at radius 2 is 2.05 bits per heavy atom. The van der Waals surface area contributed by atoms with Crippen molar-refractivity contribution in [3.8, 4) is 11.8 Å². The summed E-state index contributed by atoms with van der Waals surface area (Å²) in [5.74, 6) is 0.145. The Hall–Kier alpha value is -1.16. The molecule has 2 aromatic rings. The monoisotopic (exact) mass is 438 g/mol. The average molecular weight is 440 g/mol. The zero-order valence-electron chi connectivity index (χ0n) is 11.6. The molecule has 0 aliphatic heterocycles. The summed E-state index contributed by atoms with van der Waals surface area (Å²) in [4.78, 5) is 5.75. The molecule has 0 atom stereocenters. The van der Waals surface area contributed by atoms with Crippen molar-refractivity contribution in [3.05, 3.63) is 42.6 Å². The number of thiophene rings is 1. The Kier molecular flexibility index (Phi) is 4.67. The third-order valence-electron chi connectivity index (χ3n) is 3.64. The summed E-state index contributed by atoms with van der Waals surface area (Å²) >= 11 is 8.30. The molecule has 0 amide bonds. The Morgan fingerprint density at radius 3 is 2.82 bits per heavy atom. The zero-order valence-corrected chi connectivity index (χ0v) is 15.6. The summed E-state index contributed by atoms with van der Waals surface area (Å²) < 4.78 is 1.46. The summed E-state index contributed by atoms with van der Waals surface area (Å²) in [6.07, 6.45) is 5.95. The van der Waals surface area contributed by atoms with Gasteiger partial charge in [-0.05, 0) is 59.3 Å². The maximum absolute atomic E-state index is 10.1. The van der Waals surface area contributed by atoms with E-state index in [1.54, 1.807) is 29.7 Å². The van der Waals surface area contributed by atoms with Crippen molar-refractivity contribution in [2.75, 3.05) is 0 Å². The summed E-state index contributed by atoms with van der Waals surface area (Å²) in [7, 11) is 0. The van der Waals surface area contributed by atoms with Crippen LogP contribution in [-0.2, 0) is 12.8 Å². The minimum atomic E-state index is 0.145. The molecular formula is C16H12Br2N2OS. The molecule has 0 fully saturated rings. The normalized spacial score (nSPS) is 14.0. The second-order valence-corrected chi connectivity index (χ2v) is 7.94. The van der Waals surface area contributed by atoms with Crippen LogP contribution in [0.1, 0.15) is 34.4 Å². The summed E-state index contributed by atoms with van der Waals surface area (Å²) in [5.41, 5.74) is 2.48. The van der Waals surface area contributed by atoms with Crippen LogP contribution in [0.3, 0.4) is 0 Å². The predicted octanol–water partition coefficient (Wildman–Crippen LogP) is 5.48. The van der Waals surface area contributed by atoms with Gasteiger partial charge >= 0.3 is 0 Å². The van der Waals surface area contributed by atoms with Gasteiger partial charge in [0.1, 0.15) is 16.8 Å². The Balaban J connectivity index is 2.00. The topological polar surface area (TPSA) is 56.4 Å². The molecule has 1 aliphatic rings. The first-order chi connectivity index (χ1) is 10.6. The fourth-order valence-electron chi connectivity index (χ4n) is 2.57. The van der Waals surface area contributed by atoms with Crippen LogP contribution in [0.2, 0.25) is 0 Å². The van der Waals surface area contributed by atoms with Gasteiger partial charge in [0, 0.05) is 21.1 Å². The Bertz CT molecular complexity index is 805. The molecule has 1 heterocycles. The van der Waals surface area contributed by atoms with Gasteiger partial charge in [0.2, 0.25) is 0 Å². The predicted molar refractivity (Wildman–Crippen MR) is 96.4 cm³/mol. The van der Waals surface area contributed by atoms with E-state index in [9.17, 15) is 10.4 Å². The lowest BCUT2D eigenvalue weighted by atomic mass is 9.96. The largest absolute Gasteiger partial charge is 0.506 e. The minimum absolute atomic E-state index is 0.145. The van der Waals surface area contributed by atoms with Crippen molar-refractivity contribution < 1.29 is 5.11 Å². The maximum Gasteiger partial charge on any atom is 0.138 e. The third-order valence-corrected chi connectivity index (χ3v) is 5.91. The van der Waals surface area contributed by atoms with Gasteiger partial charge in [-0.25, -0.2) is 4.99 Å². The van der Waals surface area contributed by atoms with Crippen molar-refractivity contribution in [2.45, 2.75) is 25.7 Å². The first-order valence-corrected chi connectivity index (χ1v) is 9.27. The van der Waals surface area contributed by atoms with Gasteiger partial charge in [0.15, 0.2) is 0 Å². The number of benzene rings is 1. The quantitative estimate of drug-likeness (QED) is 0.629. The van der Waals surface area contributed by atoms with Crippen LogP contribution < -0.4 is 0 Å². The number of hydrogen-bond donors (Lipinski definition) is 1. The molecule has 1 aliphatic carbocycles. The van der Waals surface area contributed by atoms with E-state index < -0.39 is 0 Å².